The van der Waals surface area contributed by atoms with Crippen LogP contribution in [0.3, 0.4) is 0 Å². The van der Waals surface area contributed by atoms with Crippen LogP contribution in [0.5, 0.6) is 0 Å². The number of esters is 1. The Kier molecular flexibility index (Phi) is 7.17. The summed E-state index contributed by atoms with van der Waals surface area (Å²) in [6.07, 6.45) is 2.85. The van der Waals surface area contributed by atoms with Crippen molar-refractivity contribution in [2.45, 2.75) is 19.8 Å². The number of benzene rings is 2. The SMILES string of the molecule is CCCCOC(=O)c1ccc(NC(=O)c2cccc(N(C)S(C)(=O)=O)c2)cc1. The van der Waals surface area contributed by atoms with Gasteiger partial charge < -0.3 is 10.1 Å². The molecule has 0 heterocycles. The number of hydrogen-bond acceptors (Lipinski definition) is 5. The Hall–Kier alpha value is -2.87. The minimum Gasteiger partial charge on any atom is -0.462 e. The van der Waals surface area contributed by atoms with Gasteiger partial charge in [-0.05, 0) is 48.9 Å². The van der Waals surface area contributed by atoms with E-state index >= 15 is 0 Å². The number of unbranched alkanes of at least 4 members (excludes halogenated alkanes) is 1. The van der Waals surface area contributed by atoms with Gasteiger partial charge in [-0.3, -0.25) is 9.10 Å². The molecule has 0 atom stereocenters. The van der Waals surface area contributed by atoms with Gasteiger partial charge in [0.05, 0.1) is 24.1 Å². The molecule has 1 N–H and O–H groups in total. The first kappa shape index (κ1) is 21.4. The molecule has 0 fully saturated rings. The molecule has 1 amide bonds. The van der Waals surface area contributed by atoms with E-state index in [4.69, 9.17) is 4.74 Å². The first-order chi connectivity index (χ1) is 13.2. The van der Waals surface area contributed by atoms with Crippen LogP contribution in [0, 0.1) is 0 Å². The van der Waals surface area contributed by atoms with Crippen molar-refractivity contribution in [1.29, 1.82) is 0 Å². The van der Waals surface area contributed by atoms with Crippen molar-refractivity contribution in [2.24, 2.45) is 0 Å². The van der Waals surface area contributed by atoms with E-state index in [0.29, 0.717) is 29.1 Å². The van der Waals surface area contributed by atoms with E-state index in [2.05, 4.69) is 5.32 Å². The summed E-state index contributed by atoms with van der Waals surface area (Å²) >= 11 is 0. The van der Waals surface area contributed by atoms with Gasteiger partial charge in [0.25, 0.3) is 5.91 Å². The smallest absolute Gasteiger partial charge is 0.338 e. The van der Waals surface area contributed by atoms with Crippen molar-refractivity contribution in [3.8, 4) is 0 Å². The van der Waals surface area contributed by atoms with Crippen LogP contribution in [0.1, 0.15) is 40.5 Å². The van der Waals surface area contributed by atoms with E-state index in [1.54, 1.807) is 42.5 Å². The van der Waals surface area contributed by atoms with Crippen LogP contribution in [0.2, 0.25) is 0 Å². The number of hydrogen-bond donors (Lipinski definition) is 1. The summed E-state index contributed by atoms with van der Waals surface area (Å²) in [6.45, 7) is 2.40. The van der Waals surface area contributed by atoms with Gasteiger partial charge in [0, 0.05) is 18.3 Å². The number of amides is 1. The van der Waals surface area contributed by atoms with Crippen LogP contribution in [0.4, 0.5) is 11.4 Å². The standard InChI is InChI=1S/C20H24N2O5S/c1-4-5-13-27-20(24)15-9-11-17(12-10-15)21-19(23)16-7-6-8-18(14-16)22(2)28(3,25)26/h6-12,14H,4-5,13H2,1-3H3,(H,21,23). The molecule has 28 heavy (non-hydrogen) atoms. The van der Waals surface area contributed by atoms with Crippen LogP contribution in [-0.2, 0) is 14.8 Å². The maximum Gasteiger partial charge on any atom is 0.338 e. The van der Waals surface area contributed by atoms with Gasteiger partial charge in [0.1, 0.15) is 0 Å². The lowest BCUT2D eigenvalue weighted by molar-refractivity contribution is 0.0499. The number of nitrogens with one attached hydrogen (secondary N) is 1. The number of carbonyl (C=O) groups is 2. The average Bonchev–Trinajstić information content (AvgIpc) is 2.67. The van der Waals surface area contributed by atoms with Gasteiger partial charge in [0.15, 0.2) is 0 Å². The molecule has 8 heteroatoms. The molecule has 7 nitrogen and oxygen atoms in total. The summed E-state index contributed by atoms with van der Waals surface area (Å²) in [5.41, 5.74) is 1.62. The third kappa shape index (κ3) is 5.82. The number of carbonyl (C=O) groups excluding carboxylic acids is 2. The van der Waals surface area contributed by atoms with Crippen molar-refractivity contribution in [2.75, 3.05) is 29.5 Å². The molecule has 0 aliphatic carbocycles. The fraction of sp³-hybridized carbons (Fsp3) is 0.300. The van der Waals surface area contributed by atoms with E-state index in [1.807, 2.05) is 6.92 Å². The molecule has 0 spiro atoms. The van der Waals surface area contributed by atoms with E-state index in [0.717, 1.165) is 23.4 Å². The highest BCUT2D eigenvalue weighted by atomic mass is 32.2. The molecule has 0 bridgehead atoms. The van der Waals surface area contributed by atoms with Crippen molar-refractivity contribution in [1.82, 2.24) is 0 Å². The molecule has 150 valence electrons. The predicted octanol–water partition coefficient (Wildman–Crippen LogP) is 3.29. The summed E-state index contributed by atoms with van der Waals surface area (Å²) in [6, 6.07) is 12.7. The minimum atomic E-state index is -3.42. The summed E-state index contributed by atoms with van der Waals surface area (Å²) in [5, 5.41) is 2.72. The fourth-order valence-electron chi connectivity index (χ4n) is 2.32. The molecule has 0 aliphatic heterocycles. The summed E-state index contributed by atoms with van der Waals surface area (Å²) in [5.74, 6) is -0.787. The predicted molar refractivity (Wildman–Crippen MR) is 109 cm³/mol. The molecule has 0 unspecified atom stereocenters. The maximum atomic E-state index is 12.5. The van der Waals surface area contributed by atoms with E-state index in [1.165, 1.54) is 13.1 Å². The number of nitrogens with zero attached hydrogens (tertiary/aromatic N) is 1. The second-order valence-electron chi connectivity index (χ2n) is 6.30. The lowest BCUT2D eigenvalue weighted by Crippen LogP contribution is -2.25. The Bertz CT molecular complexity index is 939. The molecule has 2 aromatic carbocycles. The van der Waals surface area contributed by atoms with Gasteiger partial charge in [0.2, 0.25) is 10.0 Å². The second-order valence-corrected chi connectivity index (χ2v) is 8.32. The second kappa shape index (κ2) is 9.36. The normalized spacial score (nSPS) is 11.0. The van der Waals surface area contributed by atoms with Crippen LogP contribution in [0.25, 0.3) is 0 Å². The third-order valence-corrected chi connectivity index (χ3v) is 5.28. The van der Waals surface area contributed by atoms with Crippen LogP contribution in [0.15, 0.2) is 48.5 Å². The van der Waals surface area contributed by atoms with Gasteiger partial charge in [-0.1, -0.05) is 19.4 Å². The number of ether oxygens (including phenoxy) is 1. The monoisotopic (exact) mass is 404 g/mol. The van der Waals surface area contributed by atoms with E-state index < -0.39 is 16.0 Å². The molecular weight excluding hydrogens is 380 g/mol. The Labute approximate surface area is 165 Å². The van der Waals surface area contributed by atoms with Crippen molar-refractivity contribution in [3.63, 3.8) is 0 Å². The van der Waals surface area contributed by atoms with Gasteiger partial charge in [-0.2, -0.15) is 0 Å². The zero-order valence-corrected chi connectivity index (χ0v) is 17.0. The first-order valence-electron chi connectivity index (χ1n) is 8.85. The highest BCUT2D eigenvalue weighted by Gasteiger charge is 2.14. The third-order valence-electron chi connectivity index (χ3n) is 4.08. The van der Waals surface area contributed by atoms with E-state index in [-0.39, 0.29) is 5.91 Å². The van der Waals surface area contributed by atoms with Crippen molar-refractivity contribution >= 4 is 33.3 Å². The minimum absolute atomic E-state index is 0.316. The fourth-order valence-corrected chi connectivity index (χ4v) is 2.82. The Morgan fingerprint density at radius 1 is 1.07 bits per heavy atom. The van der Waals surface area contributed by atoms with Crippen LogP contribution in [-0.4, -0.2) is 40.2 Å². The maximum absolute atomic E-state index is 12.5. The zero-order chi connectivity index (χ0) is 20.7. The summed E-state index contributed by atoms with van der Waals surface area (Å²) in [4.78, 5) is 24.4. The lowest BCUT2D eigenvalue weighted by atomic mass is 10.1. The molecule has 0 saturated heterocycles. The Morgan fingerprint density at radius 2 is 1.75 bits per heavy atom. The summed E-state index contributed by atoms with van der Waals surface area (Å²) < 4.78 is 29.6. The molecule has 0 radical (unpaired) electrons. The van der Waals surface area contributed by atoms with Crippen molar-refractivity contribution in [3.05, 3.63) is 59.7 Å². The van der Waals surface area contributed by atoms with Crippen LogP contribution < -0.4 is 9.62 Å². The van der Waals surface area contributed by atoms with Gasteiger partial charge in [-0.15, -0.1) is 0 Å². The van der Waals surface area contributed by atoms with E-state index in [9.17, 15) is 18.0 Å². The van der Waals surface area contributed by atoms with Gasteiger partial charge >= 0.3 is 5.97 Å². The summed E-state index contributed by atoms with van der Waals surface area (Å²) in [7, 11) is -2.00. The number of rotatable bonds is 8. The highest BCUT2D eigenvalue weighted by molar-refractivity contribution is 7.92. The largest absolute Gasteiger partial charge is 0.462 e. The number of anilines is 2. The topological polar surface area (TPSA) is 92.8 Å². The van der Waals surface area contributed by atoms with Crippen LogP contribution >= 0.6 is 0 Å². The first-order valence-corrected chi connectivity index (χ1v) is 10.7. The Morgan fingerprint density at radius 3 is 2.36 bits per heavy atom. The molecular formula is C20H24N2O5S. The zero-order valence-electron chi connectivity index (χ0n) is 16.1. The number of sulfonamides is 1. The highest BCUT2D eigenvalue weighted by Crippen LogP contribution is 2.19. The molecule has 2 rings (SSSR count). The molecule has 0 aromatic heterocycles. The molecule has 0 aliphatic rings. The molecule has 2 aromatic rings. The molecule has 0 saturated carbocycles. The average molecular weight is 404 g/mol. The van der Waals surface area contributed by atoms with Gasteiger partial charge in [-0.25, -0.2) is 13.2 Å². The Balaban J connectivity index is 2.06. The quantitative estimate of drug-likeness (QED) is 0.538. The van der Waals surface area contributed by atoms with Crippen molar-refractivity contribution < 1.29 is 22.7 Å². The lowest BCUT2D eigenvalue weighted by Gasteiger charge is -2.17.